The summed E-state index contributed by atoms with van der Waals surface area (Å²) in [6.45, 7) is 3.45. The van der Waals surface area contributed by atoms with E-state index in [-0.39, 0.29) is 21.6 Å². The van der Waals surface area contributed by atoms with Gasteiger partial charge < -0.3 is 4.55 Å². The molecule has 1 saturated heterocycles. The Balaban J connectivity index is 0.000000220. The molecule has 1 fully saturated rings. The molecular formula is C15H20O5S2. The summed E-state index contributed by atoms with van der Waals surface area (Å²) in [6, 6.07) is 5.78. The Labute approximate surface area is 134 Å². The maximum atomic E-state index is 10.8. The largest absolute Gasteiger partial charge is 0.744 e. The zero-order chi connectivity index (χ0) is 16.8. The van der Waals surface area contributed by atoms with Gasteiger partial charge in [-0.3, -0.25) is 9.59 Å². The van der Waals surface area contributed by atoms with Crippen molar-refractivity contribution in [2.75, 3.05) is 17.3 Å². The second kappa shape index (κ2) is 8.45. The Bertz CT molecular complexity index is 610. The van der Waals surface area contributed by atoms with Crippen LogP contribution >= 0.6 is 0 Å². The zero-order valence-electron chi connectivity index (χ0n) is 12.7. The molecule has 0 aromatic heterocycles. The first-order chi connectivity index (χ1) is 10.2. The standard InChI is InChI=1S/C8H13O2S.C7H8O3S/c1-7(9)6-11-4-2-8(10)3-5-11;1-6-2-4-7(5-3-6)11(8,9)10/h2-6H2,1H3;2-5H,1H3,(H,8,9,10)/q+1;/p-1. The molecule has 7 heteroatoms. The fraction of sp³-hybridized carbons (Fsp3) is 0.467. The average Bonchev–Trinajstić information content (AvgIpc) is 2.41. The van der Waals surface area contributed by atoms with Crippen molar-refractivity contribution in [2.24, 2.45) is 0 Å². The molecule has 0 N–H and O–H groups in total. The number of carbonyl (C=O) groups excluding carboxylic acids is 2. The molecule has 22 heavy (non-hydrogen) atoms. The summed E-state index contributed by atoms with van der Waals surface area (Å²) in [7, 11) is -4.04. The highest BCUT2D eigenvalue weighted by molar-refractivity contribution is 7.97. The van der Waals surface area contributed by atoms with Crippen LogP contribution in [0.4, 0.5) is 0 Å². The Hall–Kier alpha value is -1.18. The van der Waals surface area contributed by atoms with Crippen molar-refractivity contribution in [1.82, 2.24) is 0 Å². The molecule has 0 aliphatic carbocycles. The van der Waals surface area contributed by atoms with Crippen molar-refractivity contribution in [3.63, 3.8) is 0 Å². The number of rotatable bonds is 3. The van der Waals surface area contributed by atoms with E-state index < -0.39 is 10.1 Å². The molecule has 0 bridgehead atoms. The van der Waals surface area contributed by atoms with Crippen molar-refractivity contribution in [1.29, 1.82) is 0 Å². The molecule has 0 radical (unpaired) electrons. The third-order valence-corrected chi connectivity index (χ3v) is 6.28. The van der Waals surface area contributed by atoms with E-state index >= 15 is 0 Å². The molecule has 1 aliphatic rings. The quantitative estimate of drug-likeness (QED) is 0.611. The molecule has 2 rings (SSSR count). The molecule has 122 valence electrons. The van der Waals surface area contributed by atoms with Crippen LogP contribution in [0, 0.1) is 6.92 Å². The minimum atomic E-state index is -4.27. The number of hydrogen-bond donors (Lipinski definition) is 0. The predicted octanol–water partition coefficient (Wildman–Crippen LogP) is 1.46. The Morgan fingerprint density at radius 2 is 1.68 bits per heavy atom. The van der Waals surface area contributed by atoms with Gasteiger partial charge >= 0.3 is 0 Å². The van der Waals surface area contributed by atoms with E-state index in [4.69, 9.17) is 0 Å². The zero-order valence-corrected chi connectivity index (χ0v) is 14.3. The highest BCUT2D eigenvalue weighted by atomic mass is 32.2. The molecule has 0 saturated carbocycles. The van der Waals surface area contributed by atoms with E-state index in [2.05, 4.69) is 0 Å². The van der Waals surface area contributed by atoms with E-state index in [1.165, 1.54) is 12.1 Å². The average molecular weight is 344 g/mol. The van der Waals surface area contributed by atoms with Gasteiger partial charge in [-0.05, 0) is 36.9 Å². The molecule has 5 nitrogen and oxygen atoms in total. The summed E-state index contributed by atoms with van der Waals surface area (Å²) in [4.78, 5) is 21.4. The number of benzene rings is 1. The molecule has 1 aromatic rings. The third-order valence-electron chi connectivity index (χ3n) is 3.06. The SMILES string of the molecule is CC(=O)C[S+]1CCC(=O)CC1.Cc1ccc(S(=O)(=O)[O-])cc1. The number of hydrogen-bond acceptors (Lipinski definition) is 5. The molecular weight excluding hydrogens is 324 g/mol. The first-order valence-corrected chi connectivity index (χ1v) is 10.0. The van der Waals surface area contributed by atoms with Gasteiger partial charge in [0.05, 0.1) is 17.7 Å². The predicted molar refractivity (Wildman–Crippen MR) is 86.0 cm³/mol. The van der Waals surface area contributed by atoms with E-state index in [0.29, 0.717) is 24.4 Å². The van der Waals surface area contributed by atoms with Crippen LogP contribution in [0.5, 0.6) is 0 Å². The summed E-state index contributed by atoms with van der Waals surface area (Å²) in [5.74, 6) is 3.25. The third kappa shape index (κ3) is 7.20. The minimum absolute atomic E-state index is 0.178. The molecule has 0 atom stereocenters. The van der Waals surface area contributed by atoms with Crippen LogP contribution in [0.3, 0.4) is 0 Å². The van der Waals surface area contributed by atoms with Crippen molar-refractivity contribution in [2.45, 2.75) is 31.6 Å². The number of ketones is 2. The summed E-state index contributed by atoms with van der Waals surface area (Å²) < 4.78 is 31.2. The van der Waals surface area contributed by atoms with E-state index in [1.807, 2.05) is 6.92 Å². The van der Waals surface area contributed by atoms with Crippen molar-refractivity contribution in [3.05, 3.63) is 29.8 Å². The minimum Gasteiger partial charge on any atom is -0.744 e. The lowest BCUT2D eigenvalue weighted by atomic mass is 10.2. The molecule has 0 spiro atoms. The van der Waals surface area contributed by atoms with Gasteiger partial charge in [-0.25, -0.2) is 8.42 Å². The summed E-state index contributed by atoms with van der Waals surface area (Å²) in [5.41, 5.74) is 0.928. The van der Waals surface area contributed by atoms with Gasteiger partial charge in [0, 0.05) is 0 Å². The molecule has 0 amide bonds. The number of carbonyl (C=O) groups is 2. The highest BCUT2D eigenvalue weighted by Gasteiger charge is 2.27. The maximum absolute atomic E-state index is 10.8. The van der Waals surface area contributed by atoms with E-state index in [1.54, 1.807) is 19.1 Å². The lowest BCUT2D eigenvalue weighted by Crippen LogP contribution is -2.28. The van der Waals surface area contributed by atoms with Gasteiger partial charge in [-0.1, -0.05) is 17.7 Å². The lowest BCUT2D eigenvalue weighted by Gasteiger charge is -2.11. The van der Waals surface area contributed by atoms with Crippen LogP contribution in [0.15, 0.2) is 29.2 Å². The molecule has 1 aliphatic heterocycles. The first-order valence-electron chi connectivity index (χ1n) is 6.86. The summed E-state index contributed by atoms with van der Waals surface area (Å²) >= 11 is 0. The van der Waals surface area contributed by atoms with Gasteiger partial charge in [0.1, 0.15) is 27.4 Å². The fourth-order valence-corrected chi connectivity index (χ4v) is 4.45. The van der Waals surface area contributed by atoms with Crippen LogP contribution < -0.4 is 0 Å². The Morgan fingerprint density at radius 3 is 2.09 bits per heavy atom. The van der Waals surface area contributed by atoms with Crippen molar-refractivity contribution >= 4 is 32.6 Å². The lowest BCUT2D eigenvalue weighted by molar-refractivity contribution is -0.118. The van der Waals surface area contributed by atoms with Gasteiger partial charge in [0.15, 0.2) is 11.5 Å². The normalized spacial score (nSPS) is 15.9. The fourth-order valence-electron chi connectivity index (χ4n) is 1.88. The van der Waals surface area contributed by atoms with Crippen LogP contribution in [0.2, 0.25) is 0 Å². The van der Waals surface area contributed by atoms with E-state index in [0.717, 1.165) is 17.1 Å². The first kappa shape index (κ1) is 18.9. The van der Waals surface area contributed by atoms with Crippen LogP contribution in [0.25, 0.3) is 0 Å². The topological polar surface area (TPSA) is 91.3 Å². The molecule has 1 heterocycles. The number of aryl methyl sites for hydroxylation is 1. The smallest absolute Gasteiger partial charge is 0.178 e. The summed E-state index contributed by atoms with van der Waals surface area (Å²) in [5, 5.41) is 0. The second-order valence-corrected chi connectivity index (χ2v) is 8.88. The van der Waals surface area contributed by atoms with Crippen molar-refractivity contribution < 1.29 is 22.6 Å². The highest BCUT2D eigenvalue weighted by Crippen LogP contribution is 2.11. The summed E-state index contributed by atoms with van der Waals surface area (Å²) in [6.07, 6.45) is 1.41. The van der Waals surface area contributed by atoms with Gasteiger partial charge in [-0.15, -0.1) is 0 Å². The van der Waals surface area contributed by atoms with Gasteiger partial charge in [0.25, 0.3) is 0 Å². The Morgan fingerprint density at radius 1 is 1.18 bits per heavy atom. The van der Waals surface area contributed by atoms with Crippen molar-refractivity contribution in [3.8, 4) is 0 Å². The van der Waals surface area contributed by atoms with Crippen LogP contribution in [0.1, 0.15) is 25.3 Å². The van der Waals surface area contributed by atoms with Crippen LogP contribution in [-0.2, 0) is 30.6 Å². The molecule has 1 aromatic carbocycles. The maximum Gasteiger partial charge on any atom is 0.178 e. The monoisotopic (exact) mass is 344 g/mol. The van der Waals surface area contributed by atoms with E-state index in [9.17, 15) is 22.6 Å². The Kier molecular flexibility index (Phi) is 7.25. The van der Waals surface area contributed by atoms with Gasteiger partial charge in [0.2, 0.25) is 0 Å². The van der Waals surface area contributed by atoms with Crippen LogP contribution in [-0.4, -0.2) is 41.8 Å². The molecule has 0 unspecified atom stereocenters. The second-order valence-electron chi connectivity index (χ2n) is 5.17. The van der Waals surface area contributed by atoms with Gasteiger partial charge in [-0.2, -0.15) is 0 Å². The number of Topliss-reactive ketones (excluding diaryl/α,β-unsaturated/α-hetero) is 2.